The van der Waals surface area contributed by atoms with E-state index in [0.29, 0.717) is 27.7 Å². The first kappa shape index (κ1) is 19.5. The Kier molecular flexibility index (Phi) is 6.25. The Hall–Kier alpha value is -1.85. The fraction of sp³-hybridized carbons (Fsp3) is 0.400. The maximum Gasteiger partial charge on any atom is 0.241 e. The highest BCUT2D eigenvalue weighted by molar-refractivity contribution is 7.89. The van der Waals surface area contributed by atoms with E-state index >= 15 is 0 Å². The van der Waals surface area contributed by atoms with Crippen LogP contribution in [0.4, 0.5) is 0 Å². The van der Waals surface area contributed by atoms with Crippen LogP contribution in [0.5, 0.6) is 5.75 Å². The number of benzene rings is 2. The topological polar surface area (TPSA) is 55.4 Å². The Morgan fingerprint density at radius 1 is 1.04 bits per heavy atom. The van der Waals surface area contributed by atoms with Crippen LogP contribution in [0.2, 0.25) is 0 Å². The van der Waals surface area contributed by atoms with Gasteiger partial charge in [0.15, 0.2) is 0 Å². The minimum atomic E-state index is -3.65. The average Bonchev–Trinajstić information content (AvgIpc) is 2.53. The van der Waals surface area contributed by atoms with Gasteiger partial charge in [0, 0.05) is 6.04 Å². The molecule has 0 aliphatic heterocycles. The maximum atomic E-state index is 13.1. The predicted octanol–water partition coefficient (Wildman–Crippen LogP) is 4.38. The van der Waals surface area contributed by atoms with Crippen molar-refractivity contribution >= 4 is 10.0 Å². The lowest BCUT2D eigenvalue weighted by molar-refractivity contribution is 0.413. The standard InChI is InChI=1S/C20H27NO3S/c1-14(2)11-19(17-9-7-6-8-10-17)21-25(22,23)20-15(3)12-18(24-5)13-16(20)4/h6-10,12-14,19,21H,11H2,1-5H3/t19-/m0/s1. The summed E-state index contributed by atoms with van der Waals surface area (Å²) in [7, 11) is -2.07. The molecule has 25 heavy (non-hydrogen) atoms. The van der Waals surface area contributed by atoms with Crippen LogP contribution in [0, 0.1) is 19.8 Å². The van der Waals surface area contributed by atoms with Crippen LogP contribution in [0.3, 0.4) is 0 Å². The van der Waals surface area contributed by atoms with E-state index in [4.69, 9.17) is 4.74 Å². The molecule has 1 atom stereocenters. The summed E-state index contributed by atoms with van der Waals surface area (Å²) in [6.45, 7) is 7.77. The molecule has 2 aromatic rings. The second-order valence-electron chi connectivity index (χ2n) is 6.80. The lowest BCUT2D eigenvalue weighted by atomic mass is 9.98. The quantitative estimate of drug-likeness (QED) is 0.796. The van der Waals surface area contributed by atoms with E-state index in [1.807, 2.05) is 30.3 Å². The summed E-state index contributed by atoms with van der Waals surface area (Å²) < 4.78 is 34.3. The molecule has 0 aliphatic carbocycles. The summed E-state index contributed by atoms with van der Waals surface area (Å²) in [5.41, 5.74) is 2.34. The number of nitrogens with one attached hydrogen (secondary N) is 1. The number of rotatable bonds is 7. The Morgan fingerprint density at radius 2 is 1.60 bits per heavy atom. The van der Waals surface area contributed by atoms with Gasteiger partial charge in [0.25, 0.3) is 0 Å². The van der Waals surface area contributed by atoms with Gasteiger partial charge in [0.1, 0.15) is 5.75 Å². The second kappa shape index (κ2) is 8.02. The van der Waals surface area contributed by atoms with Gasteiger partial charge in [-0.15, -0.1) is 0 Å². The Bertz CT molecular complexity index is 791. The molecule has 0 saturated heterocycles. The van der Waals surface area contributed by atoms with Crippen LogP contribution in [-0.4, -0.2) is 15.5 Å². The molecule has 2 aromatic carbocycles. The molecule has 0 fully saturated rings. The molecule has 0 bridgehead atoms. The summed E-state index contributed by atoms with van der Waals surface area (Å²) in [5.74, 6) is 1.03. The van der Waals surface area contributed by atoms with Gasteiger partial charge in [0.05, 0.1) is 12.0 Å². The van der Waals surface area contributed by atoms with Crippen molar-refractivity contribution in [3.05, 3.63) is 59.2 Å². The Morgan fingerprint density at radius 3 is 2.08 bits per heavy atom. The van der Waals surface area contributed by atoms with E-state index in [0.717, 1.165) is 12.0 Å². The summed E-state index contributed by atoms with van der Waals surface area (Å²) in [6, 6.07) is 13.0. The molecule has 136 valence electrons. The Labute approximate surface area is 151 Å². The van der Waals surface area contributed by atoms with Crippen LogP contribution in [0.15, 0.2) is 47.4 Å². The zero-order chi connectivity index (χ0) is 18.6. The summed E-state index contributed by atoms with van der Waals surface area (Å²) >= 11 is 0. The molecule has 0 saturated carbocycles. The molecule has 0 aliphatic rings. The smallest absolute Gasteiger partial charge is 0.241 e. The molecular formula is C20H27NO3S. The normalized spacial score (nSPS) is 13.0. The van der Waals surface area contributed by atoms with Gasteiger partial charge in [-0.25, -0.2) is 13.1 Å². The van der Waals surface area contributed by atoms with E-state index in [2.05, 4.69) is 18.6 Å². The molecule has 4 nitrogen and oxygen atoms in total. The SMILES string of the molecule is COc1cc(C)c(S(=O)(=O)N[C@@H](CC(C)C)c2ccccc2)c(C)c1. The summed E-state index contributed by atoms with van der Waals surface area (Å²) in [6.07, 6.45) is 0.734. The van der Waals surface area contributed by atoms with Gasteiger partial charge in [-0.2, -0.15) is 0 Å². The maximum absolute atomic E-state index is 13.1. The summed E-state index contributed by atoms with van der Waals surface area (Å²) in [4.78, 5) is 0.331. The van der Waals surface area contributed by atoms with E-state index in [-0.39, 0.29) is 6.04 Å². The molecule has 2 rings (SSSR count). The molecule has 0 aromatic heterocycles. The van der Waals surface area contributed by atoms with Gasteiger partial charge < -0.3 is 4.74 Å². The average molecular weight is 362 g/mol. The largest absolute Gasteiger partial charge is 0.497 e. The third kappa shape index (κ3) is 4.83. The van der Waals surface area contributed by atoms with E-state index in [1.165, 1.54) is 0 Å². The van der Waals surface area contributed by atoms with Crippen molar-refractivity contribution in [3.8, 4) is 5.75 Å². The number of hydrogen-bond donors (Lipinski definition) is 1. The van der Waals surface area contributed by atoms with Crippen molar-refractivity contribution in [3.63, 3.8) is 0 Å². The van der Waals surface area contributed by atoms with Crippen molar-refractivity contribution in [1.82, 2.24) is 4.72 Å². The molecule has 0 amide bonds. The zero-order valence-electron chi connectivity index (χ0n) is 15.5. The minimum absolute atomic E-state index is 0.257. The fourth-order valence-electron chi connectivity index (χ4n) is 3.11. The first-order chi connectivity index (χ1) is 11.7. The van der Waals surface area contributed by atoms with Gasteiger partial charge in [-0.05, 0) is 55.0 Å². The zero-order valence-corrected chi connectivity index (χ0v) is 16.4. The van der Waals surface area contributed by atoms with E-state index in [9.17, 15) is 8.42 Å². The number of sulfonamides is 1. The third-order valence-electron chi connectivity index (χ3n) is 4.14. The monoisotopic (exact) mass is 361 g/mol. The van der Waals surface area contributed by atoms with E-state index < -0.39 is 10.0 Å². The highest BCUT2D eigenvalue weighted by Gasteiger charge is 2.25. The summed E-state index contributed by atoms with van der Waals surface area (Å²) in [5, 5.41) is 0. The molecule has 1 N–H and O–H groups in total. The van der Waals surface area contributed by atoms with Crippen molar-refractivity contribution in [2.24, 2.45) is 5.92 Å². The third-order valence-corrected chi connectivity index (χ3v) is 5.92. The first-order valence-electron chi connectivity index (χ1n) is 8.47. The van der Waals surface area contributed by atoms with Crippen molar-refractivity contribution in [2.75, 3.05) is 7.11 Å². The highest BCUT2D eigenvalue weighted by Crippen LogP contribution is 2.29. The Balaban J connectivity index is 2.41. The van der Waals surface area contributed by atoms with Crippen molar-refractivity contribution in [2.45, 2.75) is 45.1 Å². The van der Waals surface area contributed by atoms with Gasteiger partial charge in [0.2, 0.25) is 10.0 Å². The van der Waals surface area contributed by atoms with Gasteiger partial charge >= 0.3 is 0 Å². The number of aryl methyl sites for hydroxylation is 2. The van der Waals surface area contributed by atoms with E-state index in [1.54, 1.807) is 33.1 Å². The van der Waals surface area contributed by atoms with Crippen LogP contribution >= 0.6 is 0 Å². The molecule has 0 heterocycles. The second-order valence-corrected chi connectivity index (χ2v) is 8.46. The minimum Gasteiger partial charge on any atom is -0.497 e. The number of methoxy groups -OCH3 is 1. The van der Waals surface area contributed by atoms with Crippen LogP contribution in [0.1, 0.15) is 43.0 Å². The first-order valence-corrected chi connectivity index (χ1v) is 9.95. The number of ether oxygens (including phenoxy) is 1. The van der Waals surface area contributed by atoms with Crippen LogP contribution in [-0.2, 0) is 10.0 Å². The van der Waals surface area contributed by atoms with Gasteiger partial charge in [-0.3, -0.25) is 0 Å². The molecular weight excluding hydrogens is 334 g/mol. The molecule has 0 spiro atoms. The molecule has 0 unspecified atom stereocenters. The predicted molar refractivity (Wildman–Crippen MR) is 101 cm³/mol. The van der Waals surface area contributed by atoms with Crippen molar-refractivity contribution in [1.29, 1.82) is 0 Å². The van der Waals surface area contributed by atoms with Gasteiger partial charge in [-0.1, -0.05) is 44.2 Å². The molecule has 5 heteroatoms. The van der Waals surface area contributed by atoms with Crippen LogP contribution in [0.25, 0.3) is 0 Å². The number of hydrogen-bond acceptors (Lipinski definition) is 3. The highest BCUT2D eigenvalue weighted by atomic mass is 32.2. The lowest BCUT2D eigenvalue weighted by Gasteiger charge is -2.22. The van der Waals surface area contributed by atoms with Crippen molar-refractivity contribution < 1.29 is 13.2 Å². The molecule has 0 radical (unpaired) electrons. The fourth-order valence-corrected chi connectivity index (χ4v) is 4.80. The van der Waals surface area contributed by atoms with Crippen LogP contribution < -0.4 is 9.46 Å². The lowest BCUT2D eigenvalue weighted by Crippen LogP contribution is -2.30.